The molecule has 0 fully saturated rings. The molecule has 2 aromatic rings. The molecule has 0 spiro atoms. The second-order valence-corrected chi connectivity index (χ2v) is 5.97. The average molecular weight is 265 g/mol. The summed E-state index contributed by atoms with van der Waals surface area (Å²) in [5.41, 5.74) is 7.94. The van der Waals surface area contributed by atoms with E-state index >= 15 is 0 Å². The quantitative estimate of drug-likeness (QED) is 0.920. The maximum Gasteiger partial charge on any atom is 0.154 e. The molecular weight excluding hydrogens is 250 g/mol. The van der Waals surface area contributed by atoms with E-state index in [1.165, 1.54) is 0 Å². The standard InChI is InChI=1S/C12H15N3S2/c1-3-10(13)11-5-4-9(6-14-11)17-12-15-8(2)7-16-12/h4-7,10H,3,13H2,1-2H3/t10-/m1/s1. The number of pyridine rings is 1. The van der Waals surface area contributed by atoms with Gasteiger partial charge in [-0.2, -0.15) is 0 Å². The Morgan fingerprint density at radius 1 is 1.47 bits per heavy atom. The number of hydrogen-bond acceptors (Lipinski definition) is 5. The van der Waals surface area contributed by atoms with Crippen LogP contribution >= 0.6 is 23.1 Å². The second kappa shape index (κ2) is 5.62. The van der Waals surface area contributed by atoms with Crippen molar-refractivity contribution in [1.82, 2.24) is 9.97 Å². The maximum atomic E-state index is 5.92. The molecule has 2 heterocycles. The van der Waals surface area contributed by atoms with Crippen LogP contribution in [-0.4, -0.2) is 9.97 Å². The molecule has 0 amide bonds. The molecular formula is C12H15N3S2. The Labute approximate surface area is 109 Å². The number of nitrogens with two attached hydrogens (primary N) is 1. The Hall–Kier alpha value is -0.910. The van der Waals surface area contributed by atoms with E-state index in [1.54, 1.807) is 23.1 Å². The van der Waals surface area contributed by atoms with Gasteiger partial charge in [0.1, 0.15) is 0 Å². The fourth-order valence-electron chi connectivity index (χ4n) is 1.36. The van der Waals surface area contributed by atoms with Crippen LogP contribution in [-0.2, 0) is 0 Å². The van der Waals surface area contributed by atoms with Crippen LogP contribution in [0.4, 0.5) is 0 Å². The first-order chi connectivity index (χ1) is 8.19. The fourth-order valence-corrected chi connectivity index (χ4v) is 3.14. The van der Waals surface area contributed by atoms with Gasteiger partial charge in [-0.3, -0.25) is 4.98 Å². The zero-order chi connectivity index (χ0) is 12.3. The smallest absolute Gasteiger partial charge is 0.154 e. The van der Waals surface area contributed by atoms with Gasteiger partial charge in [-0.15, -0.1) is 11.3 Å². The molecule has 3 nitrogen and oxygen atoms in total. The summed E-state index contributed by atoms with van der Waals surface area (Å²) in [7, 11) is 0. The summed E-state index contributed by atoms with van der Waals surface area (Å²) in [5, 5.41) is 2.05. The lowest BCUT2D eigenvalue weighted by molar-refractivity contribution is 0.674. The van der Waals surface area contributed by atoms with Crippen molar-refractivity contribution < 1.29 is 0 Å². The molecule has 90 valence electrons. The van der Waals surface area contributed by atoms with Crippen molar-refractivity contribution in [2.45, 2.75) is 35.5 Å². The Morgan fingerprint density at radius 2 is 2.29 bits per heavy atom. The second-order valence-electron chi connectivity index (χ2n) is 3.79. The van der Waals surface area contributed by atoms with Crippen LogP contribution in [0.15, 0.2) is 32.9 Å². The molecule has 0 aliphatic heterocycles. The number of aryl methyl sites for hydroxylation is 1. The summed E-state index contributed by atoms with van der Waals surface area (Å²) in [6.07, 6.45) is 2.78. The van der Waals surface area contributed by atoms with Gasteiger partial charge < -0.3 is 5.73 Å². The van der Waals surface area contributed by atoms with Gasteiger partial charge in [0.2, 0.25) is 0 Å². The van der Waals surface area contributed by atoms with Crippen LogP contribution in [0, 0.1) is 6.92 Å². The van der Waals surface area contributed by atoms with Crippen molar-refractivity contribution in [1.29, 1.82) is 0 Å². The van der Waals surface area contributed by atoms with Crippen molar-refractivity contribution in [3.8, 4) is 0 Å². The Morgan fingerprint density at radius 3 is 2.82 bits per heavy atom. The third kappa shape index (κ3) is 3.28. The number of rotatable bonds is 4. The minimum absolute atomic E-state index is 0.0381. The SMILES string of the molecule is CC[C@@H](N)c1ccc(Sc2nc(C)cs2)cn1. The highest BCUT2D eigenvalue weighted by Crippen LogP contribution is 2.30. The van der Waals surface area contributed by atoms with Gasteiger partial charge in [0, 0.05) is 28.2 Å². The zero-order valence-corrected chi connectivity index (χ0v) is 11.5. The van der Waals surface area contributed by atoms with Gasteiger partial charge in [-0.25, -0.2) is 4.98 Å². The van der Waals surface area contributed by atoms with Crippen molar-refractivity contribution in [2.75, 3.05) is 0 Å². The zero-order valence-electron chi connectivity index (χ0n) is 9.88. The minimum Gasteiger partial charge on any atom is -0.323 e. The average Bonchev–Trinajstić information content (AvgIpc) is 2.75. The van der Waals surface area contributed by atoms with E-state index in [0.717, 1.165) is 27.0 Å². The molecule has 0 bridgehead atoms. The van der Waals surface area contributed by atoms with Crippen LogP contribution in [0.25, 0.3) is 0 Å². The molecule has 0 aliphatic carbocycles. The maximum absolute atomic E-state index is 5.92. The predicted molar refractivity (Wildman–Crippen MR) is 72.4 cm³/mol. The normalized spacial score (nSPS) is 12.6. The summed E-state index contributed by atoms with van der Waals surface area (Å²) in [6, 6.07) is 4.09. The van der Waals surface area contributed by atoms with Gasteiger partial charge in [0.15, 0.2) is 4.34 Å². The number of nitrogens with zero attached hydrogens (tertiary/aromatic N) is 2. The Kier molecular flexibility index (Phi) is 4.15. The van der Waals surface area contributed by atoms with Gasteiger partial charge in [-0.05, 0) is 25.5 Å². The topological polar surface area (TPSA) is 51.8 Å². The van der Waals surface area contributed by atoms with Crippen molar-refractivity contribution in [2.24, 2.45) is 5.73 Å². The summed E-state index contributed by atoms with van der Waals surface area (Å²) in [4.78, 5) is 9.90. The van der Waals surface area contributed by atoms with Crippen LogP contribution in [0.1, 0.15) is 30.8 Å². The van der Waals surface area contributed by atoms with Crippen molar-refractivity contribution >= 4 is 23.1 Å². The monoisotopic (exact) mass is 265 g/mol. The molecule has 5 heteroatoms. The van der Waals surface area contributed by atoms with Crippen molar-refractivity contribution in [3.63, 3.8) is 0 Å². The van der Waals surface area contributed by atoms with E-state index in [9.17, 15) is 0 Å². The van der Waals surface area contributed by atoms with Crippen molar-refractivity contribution in [3.05, 3.63) is 35.1 Å². The lowest BCUT2D eigenvalue weighted by Crippen LogP contribution is -2.10. The molecule has 0 saturated carbocycles. The summed E-state index contributed by atoms with van der Waals surface area (Å²) in [6.45, 7) is 4.07. The molecule has 2 rings (SSSR count). The Balaban J connectivity index is 2.08. The third-order valence-electron chi connectivity index (χ3n) is 2.38. The first kappa shape index (κ1) is 12.5. The molecule has 0 unspecified atom stereocenters. The van der Waals surface area contributed by atoms with E-state index in [0.29, 0.717) is 0 Å². The number of hydrogen-bond donors (Lipinski definition) is 1. The summed E-state index contributed by atoms with van der Waals surface area (Å²) < 4.78 is 1.05. The van der Waals surface area contributed by atoms with Gasteiger partial charge in [0.05, 0.1) is 5.69 Å². The molecule has 0 aliphatic rings. The summed E-state index contributed by atoms with van der Waals surface area (Å²) >= 11 is 3.30. The summed E-state index contributed by atoms with van der Waals surface area (Å²) in [5.74, 6) is 0. The van der Waals surface area contributed by atoms with Crippen LogP contribution in [0.5, 0.6) is 0 Å². The highest BCUT2D eigenvalue weighted by molar-refractivity contribution is 8.01. The lowest BCUT2D eigenvalue weighted by Gasteiger charge is -2.07. The van der Waals surface area contributed by atoms with Crippen LogP contribution < -0.4 is 5.73 Å². The molecule has 0 aromatic carbocycles. The fraction of sp³-hybridized carbons (Fsp3) is 0.333. The number of thiazole rings is 1. The van der Waals surface area contributed by atoms with E-state index in [1.807, 2.05) is 19.2 Å². The molecule has 1 atom stereocenters. The first-order valence-corrected chi connectivity index (χ1v) is 7.20. The minimum atomic E-state index is 0.0381. The van der Waals surface area contributed by atoms with Crippen LogP contribution in [0.2, 0.25) is 0 Å². The van der Waals surface area contributed by atoms with E-state index < -0.39 is 0 Å². The van der Waals surface area contributed by atoms with Gasteiger partial charge >= 0.3 is 0 Å². The number of aromatic nitrogens is 2. The lowest BCUT2D eigenvalue weighted by atomic mass is 10.1. The Bertz CT molecular complexity index is 479. The van der Waals surface area contributed by atoms with Gasteiger partial charge in [0.25, 0.3) is 0 Å². The molecule has 0 saturated heterocycles. The highest BCUT2D eigenvalue weighted by atomic mass is 32.2. The largest absolute Gasteiger partial charge is 0.323 e. The third-order valence-corrected chi connectivity index (χ3v) is 4.42. The van der Waals surface area contributed by atoms with E-state index in [-0.39, 0.29) is 6.04 Å². The van der Waals surface area contributed by atoms with E-state index in [2.05, 4.69) is 28.3 Å². The predicted octanol–water partition coefficient (Wildman–Crippen LogP) is 3.41. The highest BCUT2D eigenvalue weighted by Gasteiger charge is 2.06. The van der Waals surface area contributed by atoms with E-state index in [4.69, 9.17) is 5.73 Å². The molecule has 0 radical (unpaired) electrons. The molecule has 2 aromatic heterocycles. The van der Waals surface area contributed by atoms with Gasteiger partial charge in [-0.1, -0.05) is 18.7 Å². The molecule has 17 heavy (non-hydrogen) atoms. The first-order valence-electron chi connectivity index (χ1n) is 5.50. The molecule has 2 N–H and O–H groups in total. The van der Waals surface area contributed by atoms with Crippen LogP contribution in [0.3, 0.4) is 0 Å².